The summed E-state index contributed by atoms with van der Waals surface area (Å²) in [6.45, 7) is 1.32. The third kappa shape index (κ3) is 2.68. The molecule has 3 heterocycles. The zero-order chi connectivity index (χ0) is 18.5. The van der Waals surface area contributed by atoms with Crippen LogP contribution in [0, 0.1) is 5.41 Å². The van der Waals surface area contributed by atoms with Crippen LogP contribution in [0.5, 0.6) is 0 Å². The maximum atomic E-state index is 13.2. The number of anilines is 1. The van der Waals surface area contributed by atoms with Gasteiger partial charge in [-0.3, -0.25) is 4.79 Å². The summed E-state index contributed by atoms with van der Waals surface area (Å²) in [7, 11) is 0.149. The highest BCUT2D eigenvalue weighted by Crippen LogP contribution is 2.46. The molecule has 0 unspecified atom stereocenters. The van der Waals surface area contributed by atoms with E-state index < -0.39 is 15.4 Å². The van der Waals surface area contributed by atoms with Crippen LogP contribution >= 0.6 is 0 Å². The number of carbonyl (C=O) groups is 1. The van der Waals surface area contributed by atoms with Gasteiger partial charge in [-0.2, -0.15) is 4.31 Å². The summed E-state index contributed by atoms with van der Waals surface area (Å²) in [6.07, 6.45) is 6.31. The fraction of sp³-hybridized carbons (Fsp3) is 0.706. The lowest BCUT2D eigenvalue weighted by atomic mass is 9.74. The van der Waals surface area contributed by atoms with Crippen molar-refractivity contribution >= 4 is 21.9 Å². The minimum atomic E-state index is -3.33. The second kappa shape index (κ2) is 6.16. The average Bonchev–Trinajstić information content (AvgIpc) is 3.41. The van der Waals surface area contributed by atoms with Gasteiger partial charge in [-0.25, -0.2) is 18.4 Å². The summed E-state index contributed by atoms with van der Waals surface area (Å²) in [5, 5.41) is -0.268. The first kappa shape index (κ1) is 17.7. The maximum Gasteiger partial charge on any atom is 0.231 e. The number of amides is 1. The predicted octanol–water partition coefficient (Wildman–Crippen LogP) is 0.328. The Morgan fingerprint density at radius 1 is 1.27 bits per heavy atom. The Labute approximate surface area is 154 Å². The number of nitrogens with zero attached hydrogens (tertiary/aromatic N) is 5. The number of hydrogen-bond donors (Lipinski definition) is 0. The first-order valence-corrected chi connectivity index (χ1v) is 10.6. The van der Waals surface area contributed by atoms with Crippen molar-refractivity contribution in [1.29, 1.82) is 0 Å². The fourth-order valence-corrected chi connectivity index (χ4v) is 6.34. The van der Waals surface area contributed by atoms with Crippen LogP contribution in [0.3, 0.4) is 0 Å². The number of rotatable bonds is 4. The van der Waals surface area contributed by atoms with Gasteiger partial charge in [0.05, 0.1) is 16.7 Å². The molecule has 1 amide bonds. The highest BCUT2D eigenvalue weighted by Gasteiger charge is 2.60. The van der Waals surface area contributed by atoms with Gasteiger partial charge in [0.2, 0.25) is 21.9 Å². The highest BCUT2D eigenvalue weighted by molar-refractivity contribution is 7.90. The summed E-state index contributed by atoms with van der Waals surface area (Å²) in [5.74, 6) is 0.565. The Kier molecular flexibility index (Phi) is 4.18. The SMILES string of the molecule is CN(C)C(=O)[C@@]12CCCN(c3ncccn3)[C@@H]1CN(S(=O)(=O)C1CC1)C2. The summed E-state index contributed by atoms with van der Waals surface area (Å²) in [6, 6.07) is 1.52. The minimum absolute atomic E-state index is 0.00312. The largest absolute Gasteiger partial charge is 0.348 e. The molecule has 8 nitrogen and oxygen atoms in total. The smallest absolute Gasteiger partial charge is 0.231 e. The molecular weight excluding hydrogens is 354 g/mol. The van der Waals surface area contributed by atoms with Crippen LogP contribution in [0.15, 0.2) is 18.5 Å². The Morgan fingerprint density at radius 3 is 2.58 bits per heavy atom. The number of carbonyl (C=O) groups excluding carboxylic acids is 1. The van der Waals surface area contributed by atoms with Gasteiger partial charge >= 0.3 is 0 Å². The Hall–Kier alpha value is -1.74. The summed E-state index contributed by atoms with van der Waals surface area (Å²) >= 11 is 0. The van der Waals surface area contributed by atoms with Crippen molar-refractivity contribution in [1.82, 2.24) is 19.2 Å². The van der Waals surface area contributed by atoms with E-state index in [9.17, 15) is 13.2 Å². The quantitative estimate of drug-likeness (QED) is 0.749. The molecule has 0 bridgehead atoms. The van der Waals surface area contributed by atoms with E-state index in [1.54, 1.807) is 41.8 Å². The van der Waals surface area contributed by atoms with Crippen molar-refractivity contribution in [2.45, 2.75) is 37.0 Å². The zero-order valence-electron chi connectivity index (χ0n) is 15.2. The molecule has 1 aromatic rings. The summed E-state index contributed by atoms with van der Waals surface area (Å²) < 4.78 is 27.3. The van der Waals surface area contributed by atoms with Gasteiger partial charge < -0.3 is 9.80 Å². The van der Waals surface area contributed by atoms with E-state index in [1.165, 1.54) is 0 Å². The topological polar surface area (TPSA) is 86.7 Å². The highest BCUT2D eigenvalue weighted by atomic mass is 32.2. The molecule has 2 aliphatic heterocycles. The van der Waals surface area contributed by atoms with Crippen molar-refractivity contribution in [2.75, 3.05) is 38.6 Å². The second-order valence-corrected chi connectivity index (χ2v) is 9.97. The predicted molar refractivity (Wildman–Crippen MR) is 97.0 cm³/mol. The molecule has 9 heteroatoms. The molecule has 1 saturated carbocycles. The van der Waals surface area contributed by atoms with Crippen molar-refractivity contribution in [3.8, 4) is 0 Å². The lowest BCUT2D eigenvalue weighted by Gasteiger charge is -2.45. The average molecular weight is 379 g/mol. The molecule has 0 spiro atoms. The molecule has 2 atom stereocenters. The van der Waals surface area contributed by atoms with E-state index >= 15 is 0 Å². The van der Waals surface area contributed by atoms with Gasteiger partial charge in [0.15, 0.2) is 0 Å². The summed E-state index contributed by atoms with van der Waals surface area (Å²) in [4.78, 5) is 25.5. The van der Waals surface area contributed by atoms with Crippen LogP contribution < -0.4 is 4.90 Å². The van der Waals surface area contributed by atoms with Gasteiger partial charge in [-0.1, -0.05) is 0 Å². The molecule has 1 aliphatic carbocycles. The molecule has 0 aromatic carbocycles. The molecule has 142 valence electrons. The third-order valence-electron chi connectivity index (χ3n) is 5.82. The van der Waals surface area contributed by atoms with Crippen molar-refractivity contribution in [3.63, 3.8) is 0 Å². The third-order valence-corrected chi connectivity index (χ3v) is 8.13. The van der Waals surface area contributed by atoms with Crippen LogP contribution in [-0.2, 0) is 14.8 Å². The molecule has 3 fully saturated rings. The van der Waals surface area contributed by atoms with Crippen LogP contribution in [0.4, 0.5) is 5.95 Å². The standard InChI is InChI=1S/C17H25N5O3S/c1-20(2)15(23)17-7-3-10-22(16-18-8-4-9-19-16)14(17)11-21(12-17)26(24,25)13-5-6-13/h4,8-9,13-14H,3,5-7,10-12H2,1-2H3/t14-,17-/m1/s1. The molecule has 0 N–H and O–H groups in total. The molecule has 4 rings (SSSR count). The molecule has 0 radical (unpaired) electrons. The molecule has 26 heavy (non-hydrogen) atoms. The normalized spacial score (nSPS) is 29.5. The van der Waals surface area contributed by atoms with E-state index in [4.69, 9.17) is 0 Å². The molecule has 1 aromatic heterocycles. The Morgan fingerprint density at radius 2 is 1.96 bits per heavy atom. The fourth-order valence-electron chi connectivity index (χ4n) is 4.43. The van der Waals surface area contributed by atoms with E-state index in [2.05, 4.69) is 9.97 Å². The first-order valence-electron chi connectivity index (χ1n) is 9.11. The van der Waals surface area contributed by atoms with Gasteiger partial charge in [0.1, 0.15) is 0 Å². The monoisotopic (exact) mass is 379 g/mol. The van der Waals surface area contributed by atoms with E-state index in [0.29, 0.717) is 18.9 Å². The van der Waals surface area contributed by atoms with Crippen molar-refractivity contribution in [2.24, 2.45) is 5.41 Å². The van der Waals surface area contributed by atoms with Crippen LogP contribution in [-0.4, -0.2) is 78.5 Å². The number of sulfonamides is 1. The maximum absolute atomic E-state index is 13.2. The van der Waals surface area contributed by atoms with Crippen molar-refractivity contribution in [3.05, 3.63) is 18.5 Å². The van der Waals surface area contributed by atoms with Crippen LogP contribution in [0.1, 0.15) is 25.7 Å². The number of piperidine rings is 1. The van der Waals surface area contributed by atoms with E-state index in [1.807, 2.05) is 4.90 Å². The van der Waals surface area contributed by atoms with Crippen LogP contribution in [0.2, 0.25) is 0 Å². The van der Waals surface area contributed by atoms with Crippen molar-refractivity contribution < 1.29 is 13.2 Å². The number of fused-ring (bicyclic) bond motifs is 1. The first-order chi connectivity index (χ1) is 12.4. The van der Waals surface area contributed by atoms with E-state index in [0.717, 1.165) is 25.8 Å². The lowest BCUT2D eigenvalue weighted by molar-refractivity contribution is -0.140. The number of aromatic nitrogens is 2. The molecule has 3 aliphatic rings. The van der Waals surface area contributed by atoms with Gasteiger partial charge in [-0.15, -0.1) is 0 Å². The minimum Gasteiger partial charge on any atom is -0.348 e. The van der Waals surface area contributed by atoms with Gasteiger partial charge in [0, 0.05) is 46.1 Å². The molecular formula is C17H25N5O3S. The Bertz CT molecular complexity index is 796. The Balaban J connectivity index is 1.74. The van der Waals surface area contributed by atoms with Gasteiger partial charge in [-0.05, 0) is 31.7 Å². The number of hydrogen-bond acceptors (Lipinski definition) is 6. The molecule has 2 saturated heterocycles. The van der Waals surface area contributed by atoms with Gasteiger partial charge in [0.25, 0.3) is 0 Å². The lowest BCUT2D eigenvalue weighted by Crippen LogP contribution is -2.58. The summed E-state index contributed by atoms with van der Waals surface area (Å²) in [5.41, 5.74) is -0.733. The van der Waals surface area contributed by atoms with Crippen LogP contribution in [0.25, 0.3) is 0 Å². The van der Waals surface area contributed by atoms with E-state index in [-0.39, 0.29) is 23.7 Å². The second-order valence-electron chi connectivity index (χ2n) is 7.75. The zero-order valence-corrected chi connectivity index (χ0v) is 16.0.